The van der Waals surface area contributed by atoms with Crippen molar-refractivity contribution in [2.45, 2.75) is 58.3 Å². The van der Waals surface area contributed by atoms with Gasteiger partial charge in [0.15, 0.2) is 0 Å². The largest absolute Gasteiger partial charge is 0.140 e. The van der Waals surface area contributed by atoms with Crippen LogP contribution >= 0.6 is 33.9 Å². The standard InChI is InChI=1S/C25H27IS/c1-4-5-6-7-8-19-11-14-24(27-19)17-9-12-20-21-13-10-18(26)16-23(21)25(2,3)22(20)15-17/h9-16H,4-8H2,1-3H3. The number of thiophene rings is 1. The Balaban J connectivity index is 1.63. The lowest BCUT2D eigenvalue weighted by Crippen LogP contribution is -2.15. The maximum Gasteiger partial charge on any atom is 0.0345 e. The Bertz CT molecular complexity index is 964. The van der Waals surface area contributed by atoms with Crippen LogP contribution in [0.4, 0.5) is 0 Å². The number of rotatable bonds is 6. The Morgan fingerprint density at radius 1 is 0.852 bits per heavy atom. The van der Waals surface area contributed by atoms with Gasteiger partial charge in [0.05, 0.1) is 0 Å². The predicted molar refractivity (Wildman–Crippen MR) is 128 cm³/mol. The molecule has 2 heteroatoms. The van der Waals surface area contributed by atoms with E-state index in [1.165, 1.54) is 73.2 Å². The summed E-state index contributed by atoms with van der Waals surface area (Å²) < 4.78 is 1.32. The smallest absolute Gasteiger partial charge is 0.0345 e. The zero-order chi connectivity index (χ0) is 19.0. The Hall–Kier alpha value is -1.13. The highest BCUT2D eigenvalue weighted by Gasteiger charge is 2.35. The van der Waals surface area contributed by atoms with Crippen LogP contribution in [0.15, 0.2) is 48.5 Å². The lowest BCUT2D eigenvalue weighted by atomic mass is 9.82. The van der Waals surface area contributed by atoms with Gasteiger partial charge in [-0.3, -0.25) is 0 Å². The van der Waals surface area contributed by atoms with E-state index in [1.54, 1.807) is 0 Å². The second kappa shape index (κ2) is 7.71. The predicted octanol–water partition coefficient (Wildman–Crippen LogP) is 8.45. The number of fused-ring (bicyclic) bond motifs is 3. The summed E-state index contributed by atoms with van der Waals surface area (Å²) in [5.74, 6) is 0. The molecule has 1 heterocycles. The summed E-state index contributed by atoms with van der Waals surface area (Å²) in [4.78, 5) is 2.93. The second-order valence-corrected chi connectivity index (χ2v) is 10.6. The molecule has 3 aromatic rings. The summed E-state index contributed by atoms with van der Waals surface area (Å²) in [5, 5.41) is 0. The van der Waals surface area contributed by atoms with Gasteiger partial charge in [0.1, 0.15) is 0 Å². The van der Waals surface area contributed by atoms with E-state index in [-0.39, 0.29) is 5.41 Å². The molecule has 140 valence electrons. The average molecular weight is 486 g/mol. The van der Waals surface area contributed by atoms with Crippen LogP contribution in [-0.2, 0) is 11.8 Å². The van der Waals surface area contributed by atoms with Gasteiger partial charge in [0.2, 0.25) is 0 Å². The molecule has 0 fully saturated rings. The Labute approximate surface area is 181 Å². The third-order valence-electron chi connectivity index (χ3n) is 5.86. The molecule has 4 rings (SSSR count). The van der Waals surface area contributed by atoms with Crippen molar-refractivity contribution in [1.29, 1.82) is 0 Å². The van der Waals surface area contributed by atoms with Crippen molar-refractivity contribution in [3.63, 3.8) is 0 Å². The molecule has 0 saturated carbocycles. The molecule has 1 aromatic heterocycles. The highest BCUT2D eigenvalue weighted by Crippen LogP contribution is 2.50. The van der Waals surface area contributed by atoms with Crippen LogP contribution in [0.1, 0.15) is 62.5 Å². The molecule has 0 radical (unpaired) electrons. The minimum absolute atomic E-state index is 0.0715. The zero-order valence-corrected chi connectivity index (χ0v) is 19.4. The molecule has 0 saturated heterocycles. The van der Waals surface area contributed by atoms with Crippen LogP contribution in [0.5, 0.6) is 0 Å². The second-order valence-electron chi connectivity index (χ2n) is 8.15. The van der Waals surface area contributed by atoms with Crippen molar-refractivity contribution in [3.05, 3.63) is 68.1 Å². The number of halogens is 1. The molecule has 2 aromatic carbocycles. The van der Waals surface area contributed by atoms with Gasteiger partial charge in [-0.05, 0) is 93.6 Å². The lowest BCUT2D eigenvalue weighted by molar-refractivity contribution is 0.660. The zero-order valence-electron chi connectivity index (χ0n) is 16.4. The van der Waals surface area contributed by atoms with Crippen molar-refractivity contribution < 1.29 is 0 Å². The minimum atomic E-state index is 0.0715. The molecular formula is C25H27IS. The van der Waals surface area contributed by atoms with Gasteiger partial charge in [-0.25, -0.2) is 0 Å². The first-order valence-electron chi connectivity index (χ1n) is 10.0. The van der Waals surface area contributed by atoms with Crippen molar-refractivity contribution in [3.8, 4) is 21.6 Å². The van der Waals surface area contributed by atoms with E-state index in [2.05, 4.69) is 91.9 Å². The van der Waals surface area contributed by atoms with Crippen LogP contribution in [0.25, 0.3) is 21.6 Å². The molecule has 0 atom stereocenters. The normalized spacial score (nSPS) is 14.2. The summed E-state index contributed by atoms with van der Waals surface area (Å²) in [5.41, 5.74) is 7.19. The van der Waals surface area contributed by atoms with Crippen molar-refractivity contribution in [1.82, 2.24) is 0 Å². The van der Waals surface area contributed by atoms with Crippen LogP contribution < -0.4 is 0 Å². The maximum atomic E-state index is 2.44. The molecule has 0 aliphatic heterocycles. The Morgan fingerprint density at radius 2 is 1.59 bits per heavy atom. The van der Waals surface area contributed by atoms with E-state index in [9.17, 15) is 0 Å². The van der Waals surface area contributed by atoms with Crippen molar-refractivity contribution >= 4 is 33.9 Å². The SMILES string of the molecule is CCCCCCc1ccc(-c2ccc3c(c2)C(C)(C)c2cc(I)ccc2-3)s1. The van der Waals surface area contributed by atoms with E-state index in [1.807, 2.05) is 11.3 Å². The number of aryl methyl sites for hydroxylation is 1. The van der Waals surface area contributed by atoms with Gasteiger partial charge < -0.3 is 0 Å². The first-order valence-corrected chi connectivity index (χ1v) is 11.9. The summed E-state index contributed by atoms with van der Waals surface area (Å²) in [7, 11) is 0. The summed E-state index contributed by atoms with van der Waals surface area (Å²) in [6, 6.07) is 18.6. The fourth-order valence-corrected chi connectivity index (χ4v) is 5.79. The topological polar surface area (TPSA) is 0 Å². The van der Waals surface area contributed by atoms with Gasteiger partial charge in [0, 0.05) is 18.7 Å². The molecule has 0 unspecified atom stereocenters. The third kappa shape index (κ3) is 3.63. The Kier molecular flexibility index (Phi) is 5.48. The van der Waals surface area contributed by atoms with Crippen LogP contribution in [0, 0.1) is 3.57 Å². The molecule has 0 bridgehead atoms. The molecule has 0 amide bonds. The molecular weight excluding hydrogens is 459 g/mol. The first kappa shape index (κ1) is 19.2. The Morgan fingerprint density at radius 3 is 2.37 bits per heavy atom. The van der Waals surface area contributed by atoms with Crippen LogP contribution in [-0.4, -0.2) is 0 Å². The maximum absolute atomic E-state index is 2.44. The number of hydrogen-bond acceptors (Lipinski definition) is 1. The quantitative estimate of drug-likeness (QED) is 0.242. The minimum Gasteiger partial charge on any atom is -0.140 e. The number of benzene rings is 2. The average Bonchev–Trinajstić information content (AvgIpc) is 3.21. The van der Waals surface area contributed by atoms with Crippen LogP contribution in [0.3, 0.4) is 0 Å². The summed E-state index contributed by atoms with van der Waals surface area (Å²) in [6.07, 6.45) is 6.57. The molecule has 0 spiro atoms. The van der Waals surface area contributed by atoms with E-state index < -0.39 is 0 Å². The van der Waals surface area contributed by atoms with Gasteiger partial charge >= 0.3 is 0 Å². The molecule has 1 aliphatic rings. The van der Waals surface area contributed by atoms with E-state index in [0.717, 1.165) is 0 Å². The van der Waals surface area contributed by atoms with E-state index in [4.69, 9.17) is 0 Å². The summed E-state index contributed by atoms with van der Waals surface area (Å²) in [6.45, 7) is 7.01. The third-order valence-corrected chi connectivity index (χ3v) is 7.73. The van der Waals surface area contributed by atoms with Gasteiger partial charge in [0.25, 0.3) is 0 Å². The lowest BCUT2D eigenvalue weighted by Gasteiger charge is -2.22. The number of unbranched alkanes of at least 4 members (excludes halogenated alkanes) is 3. The van der Waals surface area contributed by atoms with Crippen molar-refractivity contribution in [2.24, 2.45) is 0 Å². The van der Waals surface area contributed by atoms with Gasteiger partial charge in [-0.1, -0.05) is 58.2 Å². The van der Waals surface area contributed by atoms with E-state index >= 15 is 0 Å². The fraction of sp³-hybridized carbons (Fsp3) is 0.360. The highest BCUT2D eigenvalue weighted by atomic mass is 127. The monoisotopic (exact) mass is 486 g/mol. The fourth-order valence-electron chi connectivity index (χ4n) is 4.26. The van der Waals surface area contributed by atoms with Crippen molar-refractivity contribution in [2.75, 3.05) is 0 Å². The molecule has 0 nitrogen and oxygen atoms in total. The van der Waals surface area contributed by atoms with Gasteiger partial charge in [-0.2, -0.15) is 0 Å². The summed E-state index contributed by atoms with van der Waals surface area (Å²) >= 11 is 4.40. The first-order chi connectivity index (χ1) is 13.0. The molecule has 1 aliphatic carbocycles. The van der Waals surface area contributed by atoms with Crippen LogP contribution in [0.2, 0.25) is 0 Å². The highest BCUT2D eigenvalue weighted by molar-refractivity contribution is 14.1. The van der Waals surface area contributed by atoms with E-state index in [0.29, 0.717) is 0 Å². The number of hydrogen-bond donors (Lipinski definition) is 0. The molecule has 0 N–H and O–H groups in total. The van der Waals surface area contributed by atoms with Gasteiger partial charge in [-0.15, -0.1) is 11.3 Å². The molecule has 27 heavy (non-hydrogen) atoms.